The van der Waals surface area contributed by atoms with E-state index in [0.717, 1.165) is 25.1 Å². The summed E-state index contributed by atoms with van der Waals surface area (Å²) in [5.41, 5.74) is 2.21. The molecule has 0 aromatic heterocycles. The second-order valence-corrected chi connectivity index (χ2v) is 6.53. The van der Waals surface area contributed by atoms with E-state index in [4.69, 9.17) is 9.47 Å². The number of halogens is 1. The maximum Gasteiger partial charge on any atom is 0.236 e. The van der Waals surface area contributed by atoms with Gasteiger partial charge in [-0.1, -0.05) is 18.2 Å². The summed E-state index contributed by atoms with van der Waals surface area (Å²) in [7, 11) is 1.70. The minimum absolute atomic E-state index is 0.124. The van der Waals surface area contributed by atoms with E-state index in [1.165, 1.54) is 17.7 Å². The van der Waals surface area contributed by atoms with E-state index in [0.29, 0.717) is 32.8 Å². The smallest absolute Gasteiger partial charge is 0.236 e. The number of carbonyl (C=O) groups is 1. The first-order valence-electron chi connectivity index (χ1n) is 8.70. The highest BCUT2D eigenvalue weighted by molar-refractivity contribution is 5.78. The van der Waals surface area contributed by atoms with Gasteiger partial charge in [0.25, 0.3) is 0 Å². The zero-order chi connectivity index (χ0) is 17.6. The van der Waals surface area contributed by atoms with Crippen LogP contribution >= 0.6 is 0 Å². The highest BCUT2D eigenvalue weighted by Crippen LogP contribution is 2.23. The van der Waals surface area contributed by atoms with Crippen LogP contribution in [0.2, 0.25) is 0 Å². The van der Waals surface area contributed by atoms with E-state index < -0.39 is 0 Å². The Balaban J connectivity index is 1.53. The van der Waals surface area contributed by atoms with E-state index in [1.54, 1.807) is 19.2 Å². The van der Waals surface area contributed by atoms with Gasteiger partial charge < -0.3 is 14.4 Å². The molecule has 0 aliphatic carbocycles. The normalized spacial score (nSPS) is 21.9. The Morgan fingerprint density at radius 2 is 2.12 bits per heavy atom. The van der Waals surface area contributed by atoms with Crippen molar-refractivity contribution in [2.24, 2.45) is 0 Å². The summed E-state index contributed by atoms with van der Waals surface area (Å²) in [6.45, 7) is 4.39. The quantitative estimate of drug-likeness (QED) is 0.764. The lowest BCUT2D eigenvalue weighted by atomic mass is 10.1. The van der Waals surface area contributed by atoms with E-state index in [9.17, 15) is 9.18 Å². The summed E-state index contributed by atoms with van der Waals surface area (Å²) < 4.78 is 24.0. The van der Waals surface area contributed by atoms with Crippen molar-refractivity contribution in [2.75, 3.05) is 53.0 Å². The highest BCUT2D eigenvalue weighted by atomic mass is 19.1. The molecule has 25 heavy (non-hydrogen) atoms. The van der Waals surface area contributed by atoms with Gasteiger partial charge in [0.1, 0.15) is 11.9 Å². The number of rotatable bonds is 5. The van der Waals surface area contributed by atoms with Gasteiger partial charge in [0.2, 0.25) is 5.91 Å². The number of morpholine rings is 1. The highest BCUT2D eigenvalue weighted by Gasteiger charge is 2.26. The lowest BCUT2D eigenvalue weighted by Crippen LogP contribution is -2.47. The number of carbonyl (C=O) groups excluding carboxylic acids is 1. The second-order valence-electron chi connectivity index (χ2n) is 6.53. The summed E-state index contributed by atoms with van der Waals surface area (Å²) in [4.78, 5) is 16.6. The predicted molar refractivity (Wildman–Crippen MR) is 92.7 cm³/mol. The monoisotopic (exact) mass is 348 g/mol. The molecular formula is C19H25FN2O3. The number of hydrogen-bond acceptors (Lipinski definition) is 4. The SMILES string of the molecule is COCC1=CCN(CC(=O)N2CCO[C@H](c3ccc(F)cc3)C2)CC1. The topological polar surface area (TPSA) is 42.0 Å². The van der Waals surface area contributed by atoms with Crippen LogP contribution in [0.5, 0.6) is 0 Å². The Morgan fingerprint density at radius 1 is 1.32 bits per heavy atom. The van der Waals surface area contributed by atoms with Gasteiger partial charge in [0.15, 0.2) is 0 Å². The number of nitrogens with zero attached hydrogens (tertiary/aromatic N) is 2. The number of methoxy groups -OCH3 is 1. The molecular weight excluding hydrogens is 323 g/mol. The molecule has 2 aliphatic heterocycles. The number of benzene rings is 1. The minimum Gasteiger partial charge on any atom is -0.380 e. The molecule has 0 saturated carbocycles. The van der Waals surface area contributed by atoms with Crippen molar-refractivity contribution >= 4 is 5.91 Å². The van der Waals surface area contributed by atoms with Crippen molar-refractivity contribution in [3.8, 4) is 0 Å². The molecule has 1 atom stereocenters. The molecule has 1 aromatic carbocycles. The molecule has 136 valence electrons. The molecule has 0 spiro atoms. The lowest BCUT2D eigenvalue weighted by Gasteiger charge is -2.35. The first kappa shape index (κ1) is 18.0. The van der Waals surface area contributed by atoms with Gasteiger partial charge in [-0.3, -0.25) is 9.69 Å². The lowest BCUT2D eigenvalue weighted by molar-refractivity contribution is -0.140. The third-order valence-corrected chi connectivity index (χ3v) is 4.74. The van der Waals surface area contributed by atoms with Crippen molar-refractivity contribution < 1.29 is 18.7 Å². The zero-order valence-corrected chi connectivity index (χ0v) is 14.6. The predicted octanol–water partition coefficient (Wildman–Crippen LogP) is 2.00. The van der Waals surface area contributed by atoms with Crippen LogP contribution < -0.4 is 0 Å². The fourth-order valence-electron chi connectivity index (χ4n) is 3.26. The van der Waals surface area contributed by atoms with Gasteiger partial charge in [0, 0.05) is 26.7 Å². The maximum atomic E-state index is 13.1. The number of amides is 1. The number of ether oxygens (including phenoxy) is 2. The van der Waals surface area contributed by atoms with Crippen molar-refractivity contribution in [1.29, 1.82) is 0 Å². The largest absolute Gasteiger partial charge is 0.380 e. The molecule has 0 unspecified atom stereocenters. The van der Waals surface area contributed by atoms with Crippen LogP contribution in [-0.4, -0.2) is 68.8 Å². The van der Waals surface area contributed by atoms with Crippen molar-refractivity contribution in [1.82, 2.24) is 9.80 Å². The Labute approximate surface area is 148 Å². The van der Waals surface area contributed by atoms with E-state index in [2.05, 4.69) is 11.0 Å². The summed E-state index contributed by atoms with van der Waals surface area (Å²) >= 11 is 0. The van der Waals surface area contributed by atoms with Gasteiger partial charge in [-0.2, -0.15) is 0 Å². The summed E-state index contributed by atoms with van der Waals surface area (Å²) in [6, 6.07) is 6.30. The maximum absolute atomic E-state index is 13.1. The molecule has 2 heterocycles. The molecule has 5 nitrogen and oxygen atoms in total. The first-order valence-corrected chi connectivity index (χ1v) is 8.70. The molecule has 2 aliphatic rings. The second kappa shape index (κ2) is 8.56. The van der Waals surface area contributed by atoms with Gasteiger partial charge in [-0.05, 0) is 29.7 Å². The molecule has 1 saturated heterocycles. The van der Waals surface area contributed by atoms with E-state index in [-0.39, 0.29) is 17.8 Å². The van der Waals surface area contributed by atoms with Crippen LogP contribution in [0, 0.1) is 5.82 Å². The van der Waals surface area contributed by atoms with Crippen LogP contribution in [-0.2, 0) is 14.3 Å². The summed E-state index contributed by atoms with van der Waals surface area (Å²) in [6.07, 6.45) is 2.91. The van der Waals surface area contributed by atoms with Crippen LogP contribution in [0.15, 0.2) is 35.9 Å². The van der Waals surface area contributed by atoms with Gasteiger partial charge in [-0.25, -0.2) is 4.39 Å². The molecule has 1 fully saturated rings. The third-order valence-electron chi connectivity index (χ3n) is 4.74. The molecule has 1 aromatic rings. The molecule has 0 radical (unpaired) electrons. The average molecular weight is 348 g/mol. The Bertz CT molecular complexity index is 618. The molecule has 0 N–H and O–H groups in total. The first-order chi connectivity index (χ1) is 12.2. The zero-order valence-electron chi connectivity index (χ0n) is 14.6. The molecule has 0 bridgehead atoms. The number of hydrogen-bond donors (Lipinski definition) is 0. The molecule has 6 heteroatoms. The van der Waals surface area contributed by atoms with Crippen LogP contribution in [0.25, 0.3) is 0 Å². The van der Waals surface area contributed by atoms with Crippen molar-refractivity contribution in [2.45, 2.75) is 12.5 Å². The van der Waals surface area contributed by atoms with Crippen molar-refractivity contribution in [3.63, 3.8) is 0 Å². The minimum atomic E-state index is -0.265. The third kappa shape index (κ3) is 4.87. The van der Waals surface area contributed by atoms with Gasteiger partial charge in [-0.15, -0.1) is 0 Å². The van der Waals surface area contributed by atoms with Crippen LogP contribution in [0.1, 0.15) is 18.1 Å². The Kier molecular flexibility index (Phi) is 6.18. The molecule has 3 rings (SSSR count). The Hall–Kier alpha value is -1.76. The average Bonchev–Trinajstić information content (AvgIpc) is 2.64. The van der Waals surface area contributed by atoms with Gasteiger partial charge in [0.05, 0.1) is 26.3 Å². The van der Waals surface area contributed by atoms with Gasteiger partial charge >= 0.3 is 0 Å². The molecule has 1 amide bonds. The van der Waals surface area contributed by atoms with E-state index >= 15 is 0 Å². The summed E-state index contributed by atoms with van der Waals surface area (Å²) in [5.74, 6) is -0.141. The standard InChI is InChI=1S/C19H25FN2O3/c1-24-14-15-6-8-21(9-7-15)13-19(23)22-10-11-25-18(12-22)16-2-4-17(20)5-3-16/h2-6,18H,7-14H2,1H3/t18-/m0/s1. The fraction of sp³-hybridized carbons (Fsp3) is 0.526. The van der Waals surface area contributed by atoms with Crippen molar-refractivity contribution in [3.05, 3.63) is 47.3 Å². The Morgan fingerprint density at radius 3 is 2.80 bits per heavy atom. The summed E-state index contributed by atoms with van der Waals surface area (Å²) in [5, 5.41) is 0. The van der Waals surface area contributed by atoms with E-state index in [1.807, 2.05) is 4.90 Å². The fourth-order valence-corrected chi connectivity index (χ4v) is 3.26. The van der Waals surface area contributed by atoms with Crippen LogP contribution in [0.4, 0.5) is 4.39 Å². The van der Waals surface area contributed by atoms with Crippen LogP contribution in [0.3, 0.4) is 0 Å².